The van der Waals surface area contributed by atoms with E-state index in [-0.39, 0.29) is 16.3 Å². The summed E-state index contributed by atoms with van der Waals surface area (Å²) in [5, 5.41) is 16.1. The maximum absolute atomic E-state index is 11.6. The van der Waals surface area contributed by atoms with Gasteiger partial charge < -0.3 is 5.11 Å². The maximum Gasteiger partial charge on any atom is 0.343 e. The number of benzene rings is 1. The van der Waals surface area contributed by atoms with E-state index in [9.17, 15) is 14.7 Å². The maximum atomic E-state index is 11.6. The first kappa shape index (κ1) is 14.7. The first-order valence-electron chi connectivity index (χ1n) is 5.89. The molecule has 0 unspecified atom stereocenters. The third kappa shape index (κ3) is 2.88. The number of nitrogens with one attached hydrogen (secondary N) is 1. The van der Waals surface area contributed by atoms with Crippen LogP contribution >= 0.6 is 23.4 Å². The van der Waals surface area contributed by atoms with Crippen LogP contribution in [0.4, 0.5) is 0 Å². The van der Waals surface area contributed by atoms with Gasteiger partial charge in [-0.05, 0) is 30.3 Å². The number of carboxylic acids is 1. The Labute approximate surface area is 123 Å². The largest absolute Gasteiger partial charge is 0.478 e. The molecular weight excluding hydrogens is 302 g/mol. The first-order chi connectivity index (χ1) is 9.54. The van der Waals surface area contributed by atoms with Crippen LogP contribution in [0, 0.1) is 0 Å². The third-order valence-electron chi connectivity index (χ3n) is 2.56. The van der Waals surface area contributed by atoms with Gasteiger partial charge in [0.15, 0.2) is 5.16 Å². The molecule has 2 aromatic rings. The van der Waals surface area contributed by atoms with E-state index in [1.54, 1.807) is 12.1 Å². The number of aromatic carboxylic acids is 1. The van der Waals surface area contributed by atoms with Gasteiger partial charge in [0.25, 0.3) is 0 Å². The number of aromatic amines is 1. The minimum Gasteiger partial charge on any atom is -0.478 e. The smallest absolute Gasteiger partial charge is 0.343 e. The zero-order valence-electron chi connectivity index (χ0n) is 10.6. The van der Waals surface area contributed by atoms with Crippen LogP contribution in [0.25, 0.3) is 0 Å². The molecule has 0 saturated heterocycles. The average molecular weight is 314 g/mol. The quantitative estimate of drug-likeness (QED) is 0.885. The number of H-pyrrole nitrogens is 1. The second-order valence-electron chi connectivity index (χ2n) is 3.98. The molecule has 0 atom stereocenters. The fourth-order valence-corrected chi connectivity index (χ4v) is 3.03. The average Bonchev–Trinajstić information content (AvgIpc) is 2.72. The molecule has 0 aliphatic carbocycles. The van der Waals surface area contributed by atoms with Gasteiger partial charge in [-0.15, -0.1) is 5.10 Å². The lowest BCUT2D eigenvalue weighted by Gasteiger charge is -2.07. The Morgan fingerprint density at radius 2 is 2.30 bits per heavy atom. The number of hydrogen-bond donors (Lipinski definition) is 2. The summed E-state index contributed by atoms with van der Waals surface area (Å²) in [5.74, 6) is -1.11. The van der Waals surface area contributed by atoms with Crippen molar-refractivity contribution in [3.8, 4) is 0 Å². The Morgan fingerprint density at radius 3 is 2.95 bits per heavy atom. The minimum atomic E-state index is -1.11. The molecule has 2 rings (SSSR count). The molecule has 0 fully saturated rings. The first-order valence-corrected chi connectivity index (χ1v) is 7.09. The van der Waals surface area contributed by atoms with Crippen LogP contribution in [-0.2, 0) is 6.54 Å². The highest BCUT2D eigenvalue weighted by molar-refractivity contribution is 7.99. The summed E-state index contributed by atoms with van der Waals surface area (Å²) >= 11 is 7.01. The molecule has 6 nitrogen and oxygen atoms in total. The Hall–Kier alpha value is -1.73. The van der Waals surface area contributed by atoms with E-state index >= 15 is 0 Å². The highest BCUT2D eigenvalue weighted by atomic mass is 35.5. The van der Waals surface area contributed by atoms with E-state index in [1.165, 1.54) is 10.6 Å². The van der Waals surface area contributed by atoms with Crippen molar-refractivity contribution in [1.29, 1.82) is 0 Å². The summed E-state index contributed by atoms with van der Waals surface area (Å²) in [6, 6.07) is 4.81. The Bertz CT molecular complexity index is 695. The number of nitrogens with zero attached hydrogens (tertiary/aromatic N) is 2. The second kappa shape index (κ2) is 6.15. The molecule has 1 heterocycles. The molecule has 106 valence electrons. The number of rotatable bonds is 5. The van der Waals surface area contributed by atoms with Gasteiger partial charge in [0.2, 0.25) is 0 Å². The van der Waals surface area contributed by atoms with Crippen molar-refractivity contribution < 1.29 is 9.90 Å². The molecular formula is C12H12ClN3O3S. The molecule has 0 radical (unpaired) electrons. The molecule has 0 aliphatic rings. The molecule has 0 aliphatic heterocycles. The molecule has 0 amide bonds. The summed E-state index contributed by atoms with van der Waals surface area (Å²) in [4.78, 5) is 23.3. The lowest BCUT2D eigenvalue weighted by molar-refractivity contribution is 0.0693. The van der Waals surface area contributed by atoms with Gasteiger partial charge in [-0.25, -0.2) is 14.7 Å². The van der Waals surface area contributed by atoms with Crippen molar-refractivity contribution >= 4 is 29.3 Å². The van der Waals surface area contributed by atoms with Crippen LogP contribution < -0.4 is 5.69 Å². The Kier molecular flexibility index (Phi) is 4.51. The zero-order valence-corrected chi connectivity index (χ0v) is 12.2. The van der Waals surface area contributed by atoms with Gasteiger partial charge in [-0.1, -0.05) is 24.6 Å². The van der Waals surface area contributed by atoms with Crippen molar-refractivity contribution in [1.82, 2.24) is 14.8 Å². The van der Waals surface area contributed by atoms with E-state index in [1.807, 2.05) is 6.92 Å². The summed E-state index contributed by atoms with van der Waals surface area (Å²) < 4.78 is 1.47. The predicted octanol–water partition coefficient (Wildman–Crippen LogP) is 2.48. The van der Waals surface area contributed by atoms with Gasteiger partial charge in [-0.3, -0.25) is 4.57 Å². The molecule has 20 heavy (non-hydrogen) atoms. The van der Waals surface area contributed by atoms with Gasteiger partial charge in [0.05, 0.1) is 10.6 Å². The standard InChI is InChI=1S/C12H12ClN3O3S/c1-2-6-16-11(19)14-15-12(16)20-8-5-3-4-7(13)9(8)10(17)18/h3-5H,2,6H2,1H3,(H,14,19)(H,17,18). The predicted molar refractivity (Wildman–Crippen MR) is 75.7 cm³/mol. The third-order valence-corrected chi connectivity index (χ3v) is 3.93. The van der Waals surface area contributed by atoms with Crippen LogP contribution in [-0.4, -0.2) is 25.8 Å². The summed E-state index contributed by atoms with van der Waals surface area (Å²) in [6.45, 7) is 2.45. The van der Waals surface area contributed by atoms with E-state index < -0.39 is 5.97 Å². The Balaban J connectivity index is 2.43. The van der Waals surface area contributed by atoms with Crippen molar-refractivity contribution in [2.45, 2.75) is 29.9 Å². The monoisotopic (exact) mass is 313 g/mol. The fourth-order valence-electron chi connectivity index (χ4n) is 1.70. The highest BCUT2D eigenvalue weighted by Crippen LogP contribution is 2.32. The Morgan fingerprint density at radius 1 is 1.55 bits per heavy atom. The SMILES string of the molecule is CCCn1c(Sc2cccc(Cl)c2C(=O)O)n[nH]c1=O. The van der Waals surface area contributed by atoms with Crippen LogP contribution in [0.2, 0.25) is 5.02 Å². The molecule has 8 heteroatoms. The fraction of sp³-hybridized carbons (Fsp3) is 0.250. The lowest BCUT2D eigenvalue weighted by Crippen LogP contribution is -2.17. The number of carbonyl (C=O) groups is 1. The van der Waals surface area contributed by atoms with Crippen LogP contribution in [0.15, 0.2) is 33.0 Å². The molecule has 1 aromatic carbocycles. The van der Waals surface area contributed by atoms with Crippen LogP contribution in [0.1, 0.15) is 23.7 Å². The number of aromatic nitrogens is 3. The lowest BCUT2D eigenvalue weighted by atomic mass is 10.2. The molecule has 0 bridgehead atoms. The van der Waals surface area contributed by atoms with Crippen LogP contribution in [0.3, 0.4) is 0 Å². The molecule has 0 saturated carbocycles. The molecule has 1 aromatic heterocycles. The summed E-state index contributed by atoms with van der Waals surface area (Å²) in [7, 11) is 0. The topological polar surface area (TPSA) is 88.0 Å². The van der Waals surface area contributed by atoms with Crippen molar-refractivity contribution in [2.24, 2.45) is 0 Å². The number of hydrogen-bond acceptors (Lipinski definition) is 4. The zero-order chi connectivity index (χ0) is 14.7. The normalized spacial score (nSPS) is 10.7. The van der Waals surface area contributed by atoms with Crippen LogP contribution in [0.5, 0.6) is 0 Å². The van der Waals surface area contributed by atoms with Gasteiger partial charge in [0.1, 0.15) is 0 Å². The number of halogens is 1. The van der Waals surface area contributed by atoms with Crippen molar-refractivity contribution in [3.63, 3.8) is 0 Å². The molecule has 2 N–H and O–H groups in total. The van der Waals surface area contributed by atoms with E-state index in [2.05, 4.69) is 10.2 Å². The van der Waals surface area contributed by atoms with Gasteiger partial charge in [0, 0.05) is 11.4 Å². The van der Waals surface area contributed by atoms with E-state index in [4.69, 9.17) is 11.6 Å². The minimum absolute atomic E-state index is 0.0117. The van der Waals surface area contributed by atoms with Crippen molar-refractivity contribution in [2.75, 3.05) is 0 Å². The molecule has 0 spiro atoms. The van der Waals surface area contributed by atoms with Gasteiger partial charge in [-0.2, -0.15) is 0 Å². The van der Waals surface area contributed by atoms with Crippen molar-refractivity contribution in [3.05, 3.63) is 39.3 Å². The summed E-state index contributed by atoms with van der Waals surface area (Å²) in [5.41, 5.74) is -0.300. The van der Waals surface area contributed by atoms with E-state index in [0.717, 1.165) is 18.2 Å². The van der Waals surface area contributed by atoms with E-state index in [0.29, 0.717) is 16.6 Å². The number of carboxylic acid groups (broad SMARTS) is 1. The summed E-state index contributed by atoms with van der Waals surface area (Å²) in [6.07, 6.45) is 0.772. The second-order valence-corrected chi connectivity index (χ2v) is 5.40. The highest BCUT2D eigenvalue weighted by Gasteiger charge is 2.18. The van der Waals surface area contributed by atoms with Gasteiger partial charge >= 0.3 is 11.7 Å².